The number of aromatic nitrogens is 2. The van der Waals surface area contributed by atoms with E-state index in [2.05, 4.69) is 15.3 Å². The molecule has 0 bridgehead atoms. The van der Waals surface area contributed by atoms with Crippen LogP contribution in [0.2, 0.25) is 10.0 Å². The Bertz CT molecular complexity index is 550. The maximum atomic E-state index is 5.99. The van der Waals surface area contributed by atoms with Gasteiger partial charge in [-0.25, -0.2) is 9.97 Å². The topological polar surface area (TPSA) is 37.8 Å². The van der Waals surface area contributed by atoms with Crippen LogP contribution in [0.4, 0.5) is 5.82 Å². The van der Waals surface area contributed by atoms with E-state index in [1.165, 1.54) is 0 Å². The SMILES string of the molecule is CCNc1cc(C)nc(-c2cc(Cl)cc(Cl)c2)n1. The van der Waals surface area contributed by atoms with Crippen LogP contribution in [-0.2, 0) is 0 Å². The van der Waals surface area contributed by atoms with E-state index in [1.54, 1.807) is 18.2 Å². The van der Waals surface area contributed by atoms with E-state index in [1.807, 2.05) is 19.9 Å². The molecule has 1 aromatic carbocycles. The number of halogens is 2. The standard InChI is InChI=1S/C13H13Cl2N3/c1-3-16-12-4-8(2)17-13(18-12)9-5-10(14)7-11(15)6-9/h4-7H,3H2,1-2H3,(H,16,17,18). The van der Waals surface area contributed by atoms with Gasteiger partial charge in [0.1, 0.15) is 5.82 Å². The highest BCUT2D eigenvalue weighted by molar-refractivity contribution is 6.35. The van der Waals surface area contributed by atoms with Gasteiger partial charge in [0.2, 0.25) is 0 Å². The predicted octanol–water partition coefficient (Wildman–Crippen LogP) is 4.19. The van der Waals surface area contributed by atoms with Crippen molar-refractivity contribution in [3.8, 4) is 11.4 Å². The molecule has 0 atom stereocenters. The highest BCUT2D eigenvalue weighted by Gasteiger charge is 2.06. The van der Waals surface area contributed by atoms with Gasteiger partial charge in [0.05, 0.1) is 0 Å². The summed E-state index contributed by atoms with van der Waals surface area (Å²) in [5.41, 5.74) is 1.71. The van der Waals surface area contributed by atoms with Gasteiger partial charge in [-0.05, 0) is 32.0 Å². The number of benzene rings is 1. The summed E-state index contributed by atoms with van der Waals surface area (Å²) < 4.78 is 0. The average molecular weight is 282 g/mol. The van der Waals surface area contributed by atoms with Crippen molar-refractivity contribution in [3.63, 3.8) is 0 Å². The zero-order valence-electron chi connectivity index (χ0n) is 10.2. The van der Waals surface area contributed by atoms with Gasteiger partial charge >= 0.3 is 0 Å². The number of rotatable bonds is 3. The highest BCUT2D eigenvalue weighted by atomic mass is 35.5. The van der Waals surface area contributed by atoms with Crippen LogP contribution in [0.15, 0.2) is 24.3 Å². The van der Waals surface area contributed by atoms with Crippen LogP contribution in [0.5, 0.6) is 0 Å². The second-order valence-electron chi connectivity index (χ2n) is 3.91. The fourth-order valence-electron chi connectivity index (χ4n) is 1.65. The zero-order valence-corrected chi connectivity index (χ0v) is 11.7. The molecule has 2 rings (SSSR count). The minimum absolute atomic E-state index is 0.576. The van der Waals surface area contributed by atoms with Gasteiger partial charge in [0.15, 0.2) is 5.82 Å². The summed E-state index contributed by atoms with van der Waals surface area (Å²) in [5.74, 6) is 1.42. The molecule has 1 aromatic heterocycles. The first-order valence-electron chi connectivity index (χ1n) is 5.64. The Morgan fingerprint density at radius 1 is 1.06 bits per heavy atom. The second kappa shape index (κ2) is 5.55. The number of aryl methyl sites for hydroxylation is 1. The molecule has 0 saturated carbocycles. The molecule has 1 heterocycles. The van der Waals surface area contributed by atoms with Crippen LogP contribution in [-0.4, -0.2) is 16.5 Å². The van der Waals surface area contributed by atoms with E-state index in [0.29, 0.717) is 15.9 Å². The monoisotopic (exact) mass is 281 g/mol. The molecule has 3 nitrogen and oxygen atoms in total. The Kier molecular flexibility index (Phi) is 4.04. The maximum Gasteiger partial charge on any atom is 0.161 e. The average Bonchev–Trinajstić information content (AvgIpc) is 2.27. The molecular formula is C13H13Cl2N3. The van der Waals surface area contributed by atoms with Gasteiger partial charge in [-0.15, -0.1) is 0 Å². The van der Waals surface area contributed by atoms with Crippen LogP contribution in [0.25, 0.3) is 11.4 Å². The number of hydrogen-bond acceptors (Lipinski definition) is 3. The molecule has 0 aliphatic rings. The van der Waals surface area contributed by atoms with Gasteiger partial charge < -0.3 is 5.32 Å². The fourth-order valence-corrected chi connectivity index (χ4v) is 2.18. The first kappa shape index (κ1) is 13.1. The van der Waals surface area contributed by atoms with E-state index < -0.39 is 0 Å². The van der Waals surface area contributed by atoms with Crippen molar-refractivity contribution in [1.29, 1.82) is 0 Å². The number of nitrogens with one attached hydrogen (secondary N) is 1. The molecule has 0 amide bonds. The molecule has 0 spiro atoms. The van der Waals surface area contributed by atoms with Crippen molar-refractivity contribution in [1.82, 2.24) is 9.97 Å². The largest absolute Gasteiger partial charge is 0.370 e. The molecule has 0 fully saturated rings. The lowest BCUT2D eigenvalue weighted by atomic mass is 10.2. The molecule has 2 aromatic rings. The summed E-state index contributed by atoms with van der Waals surface area (Å²) >= 11 is 12.0. The van der Waals surface area contributed by atoms with Crippen molar-refractivity contribution >= 4 is 29.0 Å². The first-order valence-corrected chi connectivity index (χ1v) is 6.40. The maximum absolute atomic E-state index is 5.99. The molecule has 0 saturated heterocycles. The van der Waals surface area contributed by atoms with Crippen molar-refractivity contribution in [2.24, 2.45) is 0 Å². The van der Waals surface area contributed by atoms with E-state index in [0.717, 1.165) is 23.6 Å². The van der Waals surface area contributed by atoms with Gasteiger partial charge in [-0.3, -0.25) is 0 Å². The fraction of sp³-hybridized carbons (Fsp3) is 0.231. The summed E-state index contributed by atoms with van der Waals surface area (Å²) in [5, 5.41) is 4.32. The summed E-state index contributed by atoms with van der Waals surface area (Å²) in [6.45, 7) is 4.76. The van der Waals surface area contributed by atoms with Crippen LogP contribution >= 0.6 is 23.2 Å². The third-order valence-corrected chi connectivity index (χ3v) is 2.77. The predicted molar refractivity (Wildman–Crippen MR) is 76.4 cm³/mol. The minimum Gasteiger partial charge on any atom is -0.370 e. The van der Waals surface area contributed by atoms with Crippen molar-refractivity contribution in [2.45, 2.75) is 13.8 Å². The Labute approximate surface area is 116 Å². The van der Waals surface area contributed by atoms with Gasteiger partial charge in [-0.1, -0.05) is 23.2 Å². The summed E-state index contributed by atoms with van der Waals surface area (Å²) in [4.78, 5) is 8.84. The summed E-state index contributed by atoms with van der Waals surface area (Å²) in [6.07, 6.45) is 0. The number of anilines is 1. The van der Waals surface area contributed by atoms with Crippen molar-refractivity contribution in [3.05, 3.63) is 40.0 Å². The van der Waals surface area contributed by atoms with Crippen molar-refractivity contribution in [2.75, 3.05) is 11.9 Å². The van der Waals surface area contributed by atoms with E-state index >= 15 is 0 Å². The summed E-state index contributed by atoms with van der Waals surface area (Å²) in [6, 6.07) is 7.20. The van der Waals surface area contributed by atoms with Crippen LogP contribution in [0, 0.1) is 6.92 Å². The molecule has 94 valence electrons. The Morgan fingerprint density at radius 2 is 1.72 bits per heavy atom. The first-order chi connectivity index (χ1) is 8.58. The molecule has 0 unspecified atom stereocenters. The molecule has 0 aliphatic carbocycles. The van der Waals surface area contributed by atoms with E-state index in [9.17, 15) is 0 Å². The van der Waals surface area contributed by atoms with Crippen LogP contribution < -0.4 is 5.32 Å². The lowest BCUT2D eigenvalue weighted by molar-refractivity contribution is 1.08. The lowest BCUT2D eigenvalue weighted by Gasteiger charge is -2.07. The quantitative estimate of drug-likeness (QED) is 0.917. The third-order valence-electron chi connectivity index (χ3n) is 2.33. The van der Waals surface area contributed by atoms with Crippen LogP contribution in [0.3, 0.4) is 0 Å². The van der Waals surface area contributed by atoms with E-state index in [-0.39, 0.29) is 0 Å². The lowest BCUT2D eigenvalue weighted by Crippen LogP contribution is -2.02. The highest BCUT2D eigenvalue weighted by Crippen LogP contribution is 2.25. The molecule has 0 radical (unpaired) electrons. The Hall–Kier alpha value is -1.32. The third kappa shape index (κ3) is 3.12. The number of nitrogens with zero attached hydrogens (tertiary/aromatic N) is 2. The van der Waals surface area contributed by atoms with Gasteiger partial charge in [0, 0.05) is 33.9 Å². The van der Waals surface area contributed by atoms with Gasteiger partial charge in [0.25, 0.3) is 0 Å². The molecule has 1 N–H and O–H groups in total. The van der Waals surface area contributed by atoms with Gasteiger partial charge in [-0.2, -0.15) is 0 Å². The van der Waals surface area contributed by atoms with Crippen molar-refractivity contribution < 1.29 is 0 Å². The smallest absolute Gasteiger partial charge is 0.161 e. The Morgan fingerprint density at radius 3 is 2.33 bits per heavy atom. The summed E-state index contributed by atoms with van der Waals surface area (Å²) in [7, 11) is 0. The number of hydrogen-bond donors (Lipinski definition) is 1. The molecular weight excluding hydrogens is 269 g/mol. The van der Waals surface area contributed by atoms with E-state index in [4.69, 9.17) is 23.2 Å². The minimum atomic E-state index is 0.576. The van der Waals surface area contributed by atoms with Crippen LogP contribution in [0.1, 0.15) is 12.6 Å². The normalized spacial score (nSPS) is 10.4. The molecule has 18 heavy (non-hydrogen) atoms. The second-order valence-corrected chi connectivity index (χ2v) is 4.78. The molecule has 0 aliphatic heterocycles. The molecule has 5 heteroatoms. The Balaban J connectivity index is 2.49. The zero-order chi connectivity index (χ0) is 13.1.